The van der Waals surface area contributed by atoms with Gasteiger partial charge in [-0.25, -0.2) is 22.3 Å². The Bertz CT molecular complexity index is 1850. The van der Waals surface area contributed by atoms with Crippen molar-refractivity contribution >= 4 is 37.8 Å². The summed E-state index contributed by atoms with van der Waals surface area (Å²) in [5, 5.41) is 12.9. The lowest BCUT2D eigenvalue weighted by Crippen LogP contribution is -2.06. The van der Waals surface area contributed by atoms with Crippen LogP contribution in [0.1, 0.15) is 11.1 Å². The second kappa shape index (κ2) is 9.14. The zero-order valence-corrected chi connectivity index (χ0v) is 20.3. The van der Waals surface area contributed by atoms with Gasteiger partial charge >= 0.3 is 0 Å². The summed E-state index contributed by atoms with van der Waals surface area (Å²) in [7, 11) is -3.55. The molecular weight excluding hydrogens is 491 g/mol. The number of fused-ring (bicyclic) bond motifs is 2. The Balaban J connectivity index is 1.30. The minimum atomic E-state index is -3.55. The minimum Gasteiger partial charge on any atom is -0.338 e. The van der Waals surface area contributed by atoms with E-state index in [-0.39, 0.29) is 16.5 Å². The Kier molecular flexibility index (Phi) is 5.65. The van der Waals surface area contributed by atoms with Crippen LogP contribution in [0.5, 0.6) is 0 Å². The summed E-state index contributed by atoms with van der Waals surface area (Å²) < 4.78 is 43.0. The Morgan fingerprint density at radius 2 is 1.78 bits per heavy atom. The molecule has 0 bridgehead atoms. The molecule has 0 amide bonds. The van der Waals surface area contributed by atoms with E-state index in [2.05, 4.69) is 20.5 Å². The molecule has 6 rings (SSSR count). The van der Waals surface area contributed by atoms with E-state index < -0.39 is 9.84 Å². The topological polar surface area (TPSA) is 94.2 Å². The Morgan fingerprint density at radius 1 is 0.919 bits per heavy atom. The zero-order valence-electron chi connectivity index (χ0n) is 19.5. The SMILES string of the molecule is O=S(=O)(Cc1ccn2ncnc(Nc3ccc4c(cnn4Cc4cccc(F)c4)c3)c12)c1ccccc1. The third-order valence-electron chi connectivity index (χ3n) is 6.11. The maximum absolute atomic E-state index is 13.6. The molecule has 8 nitrogen and oxygen atoms in total. The lowest BCUT2D eigenvalue weighted by Gasteiger charge is -2.10. The lowest BCUT2D eigenvalue weighted by molar-refractivity contribution is 0.595. The van der Waals surface area contributed by atoms with E-state index in [1.165, 1.54) is 18.5 Å². The van der Waals surface area contributed by atoms with Crippen molar-refractivity contribution in [3.63, 3.8) is 0 Å². The first-order valence-corrected chi connectivity index (χ1v) is 13.2. The van der Waals surface area contributed by atoms with Crippen LogP contribution < -0.4 is 5.32 Å². The average Bonchev–Trinajstić information content (AvgIpc) is 3.49. The smallest absolute Gasteiger partial charge is 0.182 e. The molecule has 6 aromatic rings. The fourth-order valence-electron chi connectivity index (χ4n) is 4.38. The number of benzene rings is 3. The van der Waals surface area contributed by atoms with Crippen molar-refractivity contribution < 1.29 is 12.8 Å². The summed E-state index contributed by atoms with van der Waals surface area (Å²) in [6, 6.07) is 22.3. The van der Waals surface area contributed by atoms with Crippen LogP contribution in [0.3, 0.4) is 0 Å². The number of nitrogens with one attached hydrogen (secondary N) is 1. The lowest BCUT2D eigenvalue weighted by atomic mass is 10.2. The minimum absolute atomic E-state index is 0.179. The van der Waals surface area contributed by atoms with Gasteiger partial charge in [-0.15, -0.1) is 0 Å². The first kappa shape index (κ1) is 22.9. The molecule has 0 fully saturated rings. The number of aromatic nitrogens is 5. The van der Waals surface area contributed by atoms with Crippen molar-refractivity contribution in [1.29, 1.82) is 0 Å². The molecule has 0 aliphatic heterocycles. The van der Waals surface area contributed by atoms with Crippen LogP contribution in [0.25, 0.3) is 16.4 Å². The van der Waals surface area contributed by atoms with E-state index in [0.717, 1.165) is 22.2 Å². The van der Waals surface area contributed by atoms with Crippen LogP contribution in [0.15, 0.2) is 102 Å². The van der Waals surface area contributed by atoms with Crippen molar-refractivity contribution in [2.75, 3.05) is 5.32 Å². The van der Waals surface area contributed by atoms with Crippen molar-refractivity contribution in [3.05, 3.63) is 115 Å². The highest BCUT2D eigenvalue weighted by Gasteiger charge is 2.20. The Morgan fingerprint density at radius 3 is 2.62 bits per heavy atom. The van der Waals surface area contributed by atoms with Gasteiger partial charge in [-0.05, 0) is 59.7 Å². The third-order valence-corrected chi connectivity index (χ3v) is 7.79. The molecule has 0 aliphatic carbocycles. The van der Waals surface area contributed by atoms with Crippen LogP contribution in [-0.4, -0.2) is 32.8 Å². The quantitative estimate of drug-likeness (QED) is 0.324. The molecule has 0 radical (unpaired) electrons. The van der Waals surface area contributed by atoms with Crippen LogP contribution in [0, 0.1) is 5.82 Å². The molecule has 0 unspecified atom stereocenters. The van der Waals surface area contributed by atoms with E-state index in [0.29, 0.717) is 23.4 Å². The van der Waals surface area contributed by atoms with Gasteiger partial charge in [0.05, 0.1) is 28.9 Å². The summed E-state index contributed by atoms with van der Waals surface area (Å²) in [5.74, 6) is 0.0317. The number of hydrogen-bond donors (Lipinski definition) is 1. The number of hydrogen-bond acceptors (Lipinski definition) is 6. The van der Waals surface area contributed by atoms with Gasteiger partial charge in [-0.1, -0.05) is 30.3 Å². The zero-order chi connectivity index (χ0) is 25.4. The number of sulfone groups is 1. The van der Waals surface area contributed by atoms with Crippen LogP contribution in [-0.2, 0) is 22.1 Å². The predicted molar refractivity (Wildman–Crippen MR) is 139 cm³/mol. The fraction of sp³-hybridized carbons (Fsp3) is 0.0741. The average molecular weight is 513 g/mol. The normalized spacial score (nSPS) is 11.8. The first-order chi connectivity index (χ1) is 18.0. The highest BCUT2D eigenvalue weighted by Crippen LogP contribution is 2.28. The number of halogens is 1. The molecular formula is C27H21FN6O2S. The molecule has 3 heterocycles. The maximum atomic E-state index is 13.6. The van der Waals surface area contributed by atoms with Gasteiger partial charge < -0.3 is 5.32 Å². The molecule has 184 valence electrons. The van der Waals surface area contributed by atoms with E-state index in [4.69, 9.17) is 0 Å². The Labute approximate surface area is 211 Å². The van der Waals surface area contributed by atoms with Gasteiger partial charge in [0, 0.05) is 17.3 Å². The first-order valence-electron chi connectivity index (χ1n) is 11.5. The molecule has 0 saturated heterocycles. The number of nitrogens with zero attached hydrogens (tertiary/aromatic N) is 5. The molecule has 0 saturated carbocycles. The summed E-state index contributed by atoms with van der Waals surface area (Å²) in [5.41, 5.74) is 3.66. The van der Waals surface area contributed by atoms with E-state index in [9.17, 15) is 12.8 Å². The molecule has 3 aromatic heterocycles. The summed E-state index contributed by atoms with van der Waals surface area (Å²) in [4.78, 5) is 4.66. The van der Waals surface area contributed by atoms with Gasteiger partial charge in [0.1, 0.15) is 17.7 Å². The monoisotopic (exact) mass is 512 g/mol. The maximum Gasteiger partial charge on any atom is 0.182 e. The van der Waals surface area contributed by atoms with E-state index in [1.807, 2.05) is 28.9 Å². The fourth-order valence-corrected chi connectivity index (χ4v) is 5.76. The van der Waals surface area contributed by atoms with Gasteiger partial charge in [0.25, 0.3) is 0 Å². The van der Waals surface area contributed by atoms with Crippen molar-refractivity contribution in [2.24, 2.45) is 0 Å². The third kappa shape index (κ3) is 4.54. The highest BCUT2D eigenvalue weighted by molar-refractivity contribution is 7.90. The molecule has 0 atom stereocenters. The number of anilines is 2. The van der Waals surface area contributed by atoms with E-state index in [1.54, 1.807) is 59.4 Å². The molecule has 0 aliphatic rings. The van der Waals surface area contributed by atoms with Crippen molar-refractivity contribution in [3.8, 4) is 0 Å². The van der Waals surface area contributed by atoms with Crippen LogP contribution in [0.4, 0.5) is 15.9 Å². The van der Waals surface area contributed by atoms with E-state index >= 15 is 0 Å². The number of rotatable bonds is 7. The Hall–Kier alpha value is -4.57. The molecule has 10 heteroatoms. The van der Waals surface area contributed by atoms with Gasteiger partial charge in [0.15, 0.2) is 15.7 Å². The predicted octanol–water partition coefficient (Wildman–Crippen LogP) is 4.98. The molecule has 3 aromatic carbocycles. The van der Waals surface area contributed by atoms with Gasteiger partial charge in [-0.2, -0.15) is 10.2 Å². The van der Waals surface area contributed by atoms with Crippen LogP contribution in [0.2, 0.25) is 0 Å². The molecule has 1 N–H and O–H groups in total. The largest absolute Gasteiger partial charge is 0.338 e. The summed E-state index contributed by atoms with van der Waals surface area (Å²) >= 11 is 0. The molecule has 37 heavy (non-hydrogen) atoms. The van der Waals surface area contributed by atoms with Crippen LogP contribution >= 0.6 is 0 Å². The van der Waals surface area contributed by atoms with Gasteiger partial charge in [-0.3, -0.25) is 4.68 Å². The summed E-state index contributed by atoms with van der Waals surface area (Å²) in [6.45, 7) is 0.448. The standard InChI is InChI=1S/C27H21FN6O2S/c28-22-6-4-5-19(13-22)16-34-25-10-9-23(14-21(25)15-30-34)32-27-26-20(11-12-33(26)31-18-29-27)17-37(35,36)24-7-2-1-3-8-24/h1-15,18H,16-17H2,(H,29,31,32). The van der Waals surface area contributed by atoms with Crippen molar-refractivity contribution in [2.45, 2.75) is 17.2 Å². The molecule has 0 spiro atoms. The van der Waals surface area contributed by atoms with Gasteiger partial charge in [0.2, 0.25) is 0 Å². The highest BCUT2D eigenvalue weighted by atomic mass is 32.2. The second-order valence-electron chi connectivity index (χ2n) is 8.65. The second-order valence-corrected chi connectivity index (χ2v) is 10.6. The summed E-state index contributed by atoms with van der Waals surface area (Å²) in [6.07, 6.45) is 4.89. The van der Waals surface area contributed by atoms with Crippen molar-refractivity contribution in [1.82, 2.24) is 24.4 Å².